The van der Waals surface area contributed by atoms with Gasteiger partial charge in [-0.25, -0.2) is 80.7 Å². The second-order valence-corrected chi connectivity index (χ2v) is 34.5. The van der Waals surface area contributed by atoms with Crippen LogP contribution in [0.3, 0.4) is 0 Å². The van der Waals surface area contributed by atoms with E-state index in [1.165, 1.54) is 42.5 Å². The highest BCUT2D eigenvalue weighted by atomic mass is 32.2. The maximum absolute atomic E-state index is 12.8. The third-order valence-corrected chi connectivity index (χ3v) is 22.6. The summed E-state index contributed by atoms with van der Waals surface area (Å²) in [6, 6.07) is 58.6. The average Bonchev–Trinajstić information content (AvgIpc) is 0.809. The molecule has 8 aromatic carbocycles. The van der Waals surface area contributed by atoms with Crippen LogP contribution >= 0.6 is 0 Å². The zero-order valence-corrected chi connectivity index (χ0v) is 63.5. The predicted molar refractivity (Wildman–Crippen MR) is 417 cm³/mol. The van der Waals surface area contributed by atoms with Crippen molar-refractivity contribution in [3.05, 3.63) is 247 Å². The van der Waals surface area contributed by atoms with Gasteiger partial charge in [-0.05, 0) is 177 Å². The summed E-state index contributed by atoms with van der Waals surface area (Å²) in [5.74, 6) is 0. The highest BCUT2D eigenvalue weighted by Gasteiger charge is 2.23. The van der Waals surface area contributed by atoms with E-state index in [0.717, 1.165) is 62.4 Å². The van der Waals surface area contributed by atoms with E-state index < -0.39 is 60.1 Å². The fraction of sp³-hybridized carbons (Fsp3) is 0.153. The van der Waals surface area contributed by atoms with Crippen LogP contribution in [0.15, 0.2) is 253 Å². The summed E-state index contributed by atoms with van der Waals surface area (Å²) in [5, 5.41) is 17.4. The largest absolute Gasteiger partial charge is 0.399 e. The van der Waals surface area contributed by atoms with Gasteiger partial charge >= 0.3 is 0 Å². The number of hydrogen-bond acceptors (Lipinski definition) is 22. The van der Waals surface area contributed by atoms with E-state index in [1.54, 1.807) is 98.2 Å². The molecular formula is C72H78N16O12S6. The molecule has 11 N–H and O–H groups in total. The molecule has 0 fully saturated rings. The Bertz CT molecular complexity index is 5950. The molecule has 28 nitrogen and oxygen atoms in total. The van der Waals surface area contributed by atoms with E-state index in [9.17, 15) is 50.5 Å². The number of primary sulfonamides is 2. The van der Waals surface area contributed by atoms with Crippen molar-refractivity contribution < 1.29 is 50.5 Å². The number of nitrogens with one attached hydrogen (secondary N) is 5. The fourth-order valence-electron chi connectivity index (χ4n) is 10.3. The Labute approximate surface area is 616 Å². The van der Waals surface area contributed by atoms with Gasteiger partial charge in [0.1, 0.15) is 0 Å². The number of sulfonamides is 6. The lowest BCUT2D eigenvalue weighted by atomic mass is 10.2. The molecule has 0 aliphatic carbocycles. The topological polar surface area (TPSA) is 417 Å². The molecule has 12 aromatic rings. The first kappa shape index (κ1) is 79.5. The Morgan fingerprint density at radius 3 is 1.01 bits per heavy atom. The lowest BCUT2D eigenvalue weighted by molar-refractivity contribution is 0.397. The van der Waals surface area contributed by atoms with Gasteiger partial charge in [0.2, 0.25) is 20.0 Å². The monoisotopic (exact) mass is 1550 g/mol. The van der Waals surface area contributed by atoms with Crippen LogP contribution in [0, 0.1) is 6.92 Å². The zero-order valence-electron chi connectivity index (χ0n) is 58.6. The minimum Gasteiger partial charge on any atom is -0.399 e. The van der Waals surface area contributed by atoms with Gasteiger partial charge in [-0.3, -0.25) is 18.9 Å². The van der Waals surface area contributed by atoms with Crippen molar-refractivity contribution in [3.63, 3.8) is 0 Å². The SMILES string of the molecule is CN(C)Cc1ccc2cccc(NS(=O)(=O)c3ccc(N)cc3)c2n1.CN(C)Cc1ccc2cccc(NS(=O)(=O)c3ccc(S(N)(=O)=O)cc3)c2n1.CN(C)Cc1ccc2cccc(NS(=O)(=O)c3cccc(S(N)(=O)=O)c3)c2n1.CN/N=C/c1ccc2cccc(NS(=O)(=O)c3ccc(C)cc3)c2n1. The number of hydrogen-bond donors (Lipinski definition) is 8. The molecule has 106 heavy (non-hydrogen) atoms. The van der Waals surface area contributed by atoms with Crippen LogP contribution in [0.4, 0.5) is 28.4 Å². The van der Waals surface area contributed by atoms with Crippen LogP contribution in [0.2, 0.25) is 0 Å². The number of hydrazone groups is 1. The average molecular weight is 1550 g/mol. The van der Waals surface area contributed by atoms with E-state index in [2.05, 4.69) is 49.4 Å². The second kappa shape index (κ2) is 33.6. The van der Waals surface area contributed by atoms with Gasteiger partial charge in [0.05, 0.1) is 103 Å². The first-order chi connectivity index (χ1) is 50.0. The molecule has 0 bridgehead atoms. The first-order valence-corrected chi connectivity index (χ1v) is 41.0. The number of benzene rings is 8. The summed E-state index contributed by atoms with van der Waals surface area (Å²) in [6.45, 7) is 3.81. The minimum absolute atomic E-state index is 0.0821. The van der Waals surface area contributed by atoms with Gasteiger partial charge in [-0.15, -0.1) is 0 Å². The highest BCUT2D eigenvalue weighted by Crippen LogP contribution is 2.31. The fourth-order valence-corrected chi connectivity index (χ4v) is 15.8. The van der Waals surface area contributed by atoms with Crippen molar-refractivity contribution in [1.82, 2.24) is 40.1 Å². The van der Waals surface area contributed by atoms with E-state index in [1.807, 2.05) is 137 Å². The van der Waals surface area contributed by atoms with Crippen molar-refractivity contribution in [1.29, 1.82) is 0 Å². The molecule has 12 rings (SSSR count). The van der Waals surface area contributed by atoms with Crippen LogP contribution in [-0.4, -0.2) is 141 Å². The molecule has 0 aliphatic heterocycles. The summed E-state index contributed by atoms with van der Waals surface area (Å²) in [6.07, 6.45) is 1.57. The van der Waals surface area contributed by atoms with Crippen LogP contribution in [0.25, 0.3) is 43.6 Å². The number of nitrogen functional groups attached to an aromatic ring is 1. The maximum Gasteiger partial charge on any atom is 0.262 e. The zero-order chi connectivity index (χ0) is 76.9. The molecule has 4 heterocycles. The van der Waals surface area contributed by atoms with Gasteiger partial charge in [-0.1, -0.05) is 96.6 Å². The standard InChI is InChI=1S/2C18H20N4O4S2.C18H18N4O2S.C18H20N4O2S/c1-22(2)12-14-10-9-13-5-3-8-17(18(13)20-14)21-28(25,26)16-7-4-6-15(11-16)27(19,23)24;1-22(2)12-14-7-6-13-4-3-5-17(18(13)20-14)21-28(25,26)16-10-8-15(9-11-16)27(19,23)24;1-13-6-10-16(11-7-13)25(23,24)22-17-5-3-4-14-8-9-15(12-20-19-2)21-18(14)17;1-22(2)12-15-9-6-13-4-3-5-17(18(13)20-15)21-25(23,24)16-10-7-14(19)8-11-16/h2*3-11,21H,12H2,1-2H3,(H2,19,23,24);3-12,19,22H,1-2H3;3-11,21H,12,19H2,1-2H3/b;;20-12+;. The second-order valence-electron chi connectivity index (χ2n) is 24.7. The molecule has 4 aromatic heterocycles. The van der Waals surface area contributed by atoms with Crippen LogP contribution in [-0.2, 0) is 79.8 Å². The Balaban J connectivity index is 0.000000164. The molecular weight excluding hydrogens is 1470 g/mol. The van der Waals surface area contributed by atoms with E-state index in [4.69, 9.17) is 16.0 Å². The maximum atomic E-state index is 12.8. The van der Waals surface area contributed by atoms with Gasteiger partial charge in [0, 0.05) is 53.9 Å². The van der Waals surface area contributed by atoms with Gasteiger partial charge in [0.25, 0.3) is 40.1 Å². The van der Waals surface area contributed by atoms with Crippen molar-refractivity contribution in [2.45, 2.75) is 55.9 Å². The number of pyridine rings is 4. The lowest BCUT2D eigenvalue weighted by Crippen LogP contribution is -2.16. The van der Waals surface area contributed by atoms with Crippen LogP contribution in [0.5, 0.6) is 0 Å². The summed E-state index contributed by atoms with van der Waals surface area (Å²) in [7, 11) is -10.0. The number of anilines is 5. The Morgan fingerprint density at radius 1 is 0.358 bits per heavy atom. The third-order valence-electron chi connectivity index (χ3n) is 15.2. The third kappa shape index (κ3) is 21.3. The van der Waals surface area contributed by atoms with Gasteiger partial charge in [-0.2, -0.15) is 5.10 Å². The number of rotatable bonds is 22. The Morgan fingerprint density at radius 2 is 0.660 bits per heavy atom. The molecule has 0 aliphatic rings. The normalized spacial score (nSPS) is 12.1. The van der Waals surface area contributed by atoms with Crippen LogP contribution in [0.1, 0.15) is 28.3 Å². The first-order valence-electron chi connectivity index (χ1n) is 32.0. The molecule has 0 spiro atoms. The quantitative estimate of drug-likeness (QED) is 0.0178. The number of nitrogens with zero attached hydrogens (tertiary/aromatic N) is 8. The molecule has 0 amide bonds. The van der Waals surface area contributed by atoms with E-state index in [-0.39, 0.29) is 29.4 Å². The summed E-state index contributed by atoms with van der Waals surface area (Å²) in [5.41, 5.74) is 16.7. The number of aromatic nitrogens is 4. The Kier molecular flexibility index (Phi) is 25.2. The predicted octanol–water partition coefficient (Wildman–Crippen LogP) is 9.07. The molecule has 0 unspecified atom stereocenters. The molecule has 0 saturated heterocycles. The van der Waals surface area contributed by atoms with Crippen molar-refractivity contribution >= 4 is 138 Å². The van der Waals surface area contributed by atoms with E-state index in [0.29, 0.717) is 75.8 Å². The summed E-state index contributed by atoms with van der Waals surface area (Å²) < 4.78 is 158. The molecule has 0 radical (unpaired) electrons. The van der Waals surface area contributed by atoms with Crippen molar-refractivity contribution in [3.8, 4) is 0 Å². The molecule has 0 atom stereocenters. The Hall–Kier alpha value is -10.6. The van der Waals surface area contributed by atoms with Crippen molar-refractivity contribution in [2.75, 3.05) is 74.0 Å². The summed E-state index contributed by atoms with van der Waals surface area (Å²) >= 11 is 0. The number of aryl methyl sites for hydroxylation is 1. The van der Waals surface area contributed by atoms with Crippen molar-refractivity contribution in [2.24, 2.45) is 15.4 Å². The lowest BCUT2D eigenvalue weighted by Gasteiger charge is -2.13. The van der Waals surface area contributed by atoms with E-state index >= 15 is 0 Å². The smallest absolute Gasteiger partial charge is 0.262 e. The molecule has 34 heteroatoms. The molecule has 0 saturated carbocycles. The number of nitrogens with two attached hydrogens (primary N) is 3. The van der Waals surface area contributed by atoms with Crippen LogP contribution < -0.4 is 40.3 Å². The van der Waals surface area contributed by atoms with Gasteiger partial charge < -0.3 is 25.9 Å². The summed E-state index contributed by atoms with van der Waals surface area (Å²) in [4.78, 5) is 23.8. The minimum atomic E-state index is -4.04. The number of fused-ring (bicyclic) bond motifs is 4. The van der Waals surface area contributed by atoms with Gasteiger partial charge in [0.15, 0.2) is 0 Å². The highest BCUT2D eigenvalue weighted by molar-refractivity contribution is 7.94. The number of para-hydroxylation sites is 4. The molecule has 554 valence electrons.